The van der Waals surface area contributed by atoms with Crippen LogP contribution in [0.25, 0.3) is 0 Å². The Kier molecular flexibility index (Phi) is 6.80. The van der Waals surface area contributed by atoms with Gasteiger partial charge in [-0.05, 0) is 75.7 Å². The molecule has 1 aliphatic heterocycles. The van der Waals surface area contributed by atoms with E-state index in [0.29, 0.717) is 18.8 Å². The summed E-state index contributed by atoms with van der Waals surface area (Å²) >= 11 is 0. The molecule has 1 fully saturated rings. The summed E-state index contributed by atoms with van der Waals surface area (Å²) in [6, 6.07) is 9.88. The number of carbonyl (C=O) groups excluding carboxylic acids is 1. The number of hydrogen-bond donors (Lipinski definition) is 0. The Balaban J connectivity index is 1.81. The lowest BCUT2D eigenvalue weighted by Crippen LogP contribution is -2.47. The number of ether oxygens (including phenoxy) is 2. The monoisotopic (exact) mass is 396 g/mol. The molecule has 29 heavy (non-hydrogen) atoms. The van der Waals surface area contributed by atoms with Crippen molar-refractivity contribution in [2.45, 2.75) is 34.3 Å². The van der Waals surface area contributed by atoms with Crippen LogP contribution in [0.2, 0.25) is 0 Å². The summed E-state index contributed by atoms with van der Waals surface area (Å²) < 4.78 is 11.9. The first-order chi connectivity index (χ1) is 13.9. The van der Waals surface area contributed by atoms with Gasteiger partial charge in [-0.1, -0.05) is 6.07 Å². The van der Waals surface area contributed by atoms with Gasteiger partial charge in [0.25, 0.3) is 5.91 Å². The number of carbonyl (C=O) groups is 1. The van der Waals surface area contributed by atoms with Crippen molar-refractivity contribution < 1.29 is 14.3 Å². The largest absolute Gasteiger partial charge is 0.493 e. The molecular weight excluding hydrogens is 364 g/mol. The molecule has 0 atom stereocenters. The van der Waals surface area contributed by atoms with Crippen molar-refractivity contribution in [3.63, 3.8) is 0 Å². The molecule has 1 amide bonds. The van der Waals surface area contributed by atoms with E-state index >= 15 is 0 Å². The van der Waals surface area contributed by atoms with Gasteiger partial charge in [0.15, 0.2) is 0 Å². The Morgan fingerprint density at radius 1 is 0.966 bits per heavy atom. The molecule has 5 nitrogen and oxygen atoms in total. The van der Waals surface area contributed by atoms with Crippen LogP contribution in [0.4, 0.5) is 0 Å². The average Bonchev–Trinajstić information content (AvgIpc) is 2.70. The molecule has 0 radical (unpaired) electrons. The van der Waals surface area contributed by atoms with Crippen LogP contribution in [0.3, 0.4) is 0 Å². The maximum absolute atomic E-state index is 13.0. The summed E-state index contributed by atoms with van der Waals surface area (Å²) in [5, 5.41) is 0. The van der Waals surface area contributed by atoms with Crippen LogP contribution in [-0.4, -0.2) is 55.5 Å². The number of hydrogen-bond acceptors (Lipinski definition) is 4. The van der Waals surface area contributed by atoms with Gasteiger partial charge in [0.05, 0.1) is 6.61 Å². The normalized spacial score (nSPS) is 14.7. The predicted octanol–water partition coefficient (Wildman–Crippen LogP) is 3.98. The quantitative estimate of drug-likeness (QED) is 0.741. The molecule has 2 aromatic carbocycles. The minimum absolute atomic E-state index is 0.0741. The van der Waals surface area contributed by atoms with E-state index in [1.165, 1.54) is 11.1 Å². The van der Waals surface area contributed by atoms with Crippen molar-refractivity contribution in [1.29, 1.82) is 0 Å². The number of rotatable bonds is 6. The van der Waals surface area contributed by atoms with Crippen molar-refractivity contribution in [3.8, 4) is 11.5 Å². The number of aryl methyl sites for hydroxylation is 2. The van der Waals surface area contributed by atoms with Crippen molar-refractivity contribution in [3.05, 3.63) is 58.1 Å². The first kappa shape index (κ1) is 21.2. The predicted molar refractivity (Wildman–Crippen MR) is 116 cm³/mol. The summed E-state index contributed by atoms with van der Waals surface area (Å²) in [4.78, 5) is 17.1. The smallest absolute Gasteiger partial charge is 0.253 e. The van der Waals surface area contributed by atoms with Crippen LogP contribution in [0, 0.1) is 20.8 Å². The molecule has 0 aromatic heterocycles. The summed E-state index contributed by atoms with van der Waals surface area (Å²) in [7, 11) is 2.09. The third-order valence-corrected chi connectivity index (χ3v) is 5.54. The first-order valence-electron chi connectivity index (χ1n) is 10.3. The summed E-state index contributed by atoms with van der Waals surface area (Å²) in [5.41, 5.74) is 5.11. The Bertz CT molecular complexity index is 871. The van der Waals surface area contributed by atoms with Gasteiger partial charge in [-0.15, -0.1) is 0 Å². The molecule has 1 aliphatic rings. The standard InChI is InChI=1S/C24H32N2O3/c1-6-28-22-8-7-20(24(27)26-11-9-25(5)10-12-26)15-21(22)16-29-23-14-17(2)13-18(3)19(23)4/h7-8,13-15H,6,9-12,16H2,1-5H3. The molecule has 1 saturated heterocycles. The number of nitrogens with zero attached hydrogens (tertiary/aromatic N) is 2. The Hall–Kier alpha value is -2.53. The molecular formula is C24H32N2O3. The number of likely N-dealkylation sites (N-methyl/N-ethyl adjacent to an activating group) is 1. The zero-order chi connectivity index (χ0) is 21.0. The highest BCUT2D eigenvalue weighted by molar-refractivity contribution is 5.94. The van der Waals surface area contributed by atoms with Crippen LogP contribution in [0.5, 0.6) is 11.5 Å². The van der Waals surface area contributed by atoms with Gasteiger partial charge in [0.1, 0.15) is 18.1 Å². The van der Waals surface area contributed by atoms with E-state index in [1.807, 2.05) is 30.0 Å². The zero-order valence-electron chi connectivity index (χ0n) is 18.2. The SMILES string of the molecule is CCOc1ccc(C(=O)N2CCN(C)CC2)cc1COc1cc(C)cc(C)c1C. The summed E-state index contributed by atoms with van der Waals surface area (Å²) in [6.07, 6.45) is 0. The van der Waals surface area contributed by atoms with Crippen molar-refractivity contribution >= 4 is 5.91 Å². The third-order valence-electron chi connectivity index (χ3n) is 5.54. The van der Waals surface area contributed by atoms with Crippen molar-refractivity contribution in [2.75, 3.05) is 39.8 Å². The summed E-state index contributed by atoms with van der Waals surface area (Å²) in [6.45, 7) is 12.5. The molecule has 0 spiro atoms. The number of piperazine rings is 1. The first-order valence-corrected chi connectivity index (χ1v) is 10.3. The van der Waals surface area contributed by atoms with Crippen LogP contribution in [0.1, 0.15) is 39.5 Å². The van der Waals surface area contributed by atoms with Crippen LogP contribution in [0.15, 0.2) is 30.3 Å². The second kappa shape index (κ2) is 9.31. The molecule has 3 rings (SSSR count). The lowest BCUT2D eigenvalue weighted by Gasteiger charge is -2.32. The molecule has 0 unspecified atom stereocenters. The van der Waals surface area contributed by atoms with Gasteiger partial charge in [0.2, 0.25) is 0 Å². The maximum Gasteiger partial charge on any atom is 0.253 e. The van der Waals surface area contributed by atoms with E-state index in [-0.39, 0.29) is 5.91 Å². The second-order valence-corrected chi connectivity index (χ2v) is 7.84. The van der Waals surface area contributed by atoms with Gasteiger partial charge < -0.3 is 19.3 Å². The average molecular weight is 397 g/mol. The van der Waals surface area contributed by atoms with Gasteiger partial charge in [-0.3, -0.25) is 4.79 Å². The van der Waals surface area contributed by atoms with Crippen LogP contribution < -0.4 is 9.47 Å². The van der Waals surface area contributed by atoms with Gasteiger partial charge in [-0.2, -0.15) is 0 Å². The lowest BCUT2D eigenvalue weighted by molar-refractivity contribution is 0.0664. The van der Waals surface area contributed by atoms with E-state index in [4.69, 9.17) is 9.47 Å². The Labute approximate surface area is 174 Å². The summed E-state index contributed by atoms with van der Waals surface area (Å²) in [5.74, 6) is 1.72. The van der Waals surface area contributed by atoms with Crippen LogP contribution in [-0.2, 0) is 6.61 Å². The van der Waals surface area contributed by atoms with E-state index in [1.54, 1.807) is 0 Å². The lowest BCUT2D eigenvalue weighted by atomic mass is 10.1. The molecule has 0 bridgehead atoms. The molecule has 2 aromatic rings. The molecule has 5 heteroatoms. The number of benzene rings is 2. The van der Waals surface area contributed by atoms with Gasteiger partial charge >= 0.3 is 0 Å². The van der Waals surface area contributed by atoms with E-state index in [2.05, 4.69) is 44.9 Å². The molecule has 156 valence electrons. The van der Waals surface area contributed by atoms with E-state index in [9.17, 15) is 4.79 Å². The molecule has 0 N–H and O–H groups in total. The molecule has 1 heterocycles. The number of amides is 1. The fraction of sp³-hybridized carbons (Fsp3) is 0.458. The molecule has 0 aliphatic carbocycles. The van der Waals surface area contributed by atoms with Crippen molar-refractivity contribution in [1.82, 2.24) is 9.80 Å². The van der Waals surface area contributed by atoms with Crippen molar-refractivity contribution in [2.24, 2.45) is 0 Å². The minimum atomic E-state index is 0.0741. The molecule has 0 saturated carbocycles. The highest BCUT2D eigenvalue weighted by atomic mass is 16.5. The fourth-order valence-electron chi connectivity index (χ4n) is 3.62. The Morgan fingerprint density at radius 2 is 1.69 bits per heavy atom. The highest BCUT2D eigenvalue weighted by Gasteiger charge is 2.21. The second-order valence-electron chi connectivity index (χ2n) is 7.84. The topological polar surface area (TPSA) is 42.0 Å². The van der Waals surface area contributed by atoms with Crippen LogP contribution >= 0.6 is 0 Å². The maximum atomic E-state index is 13.0. The van der Waals surface area contributed by atoms with Gasteiger partial charge in [0, 0.05) is 37.3 Å². The fourth-order valence-corrected chi connectivity index (χ4v) is 3.62. The highest BCUT2D eigenvalue weighted by Crippen LogP contribution is 2.27. The van der Waals surface area contributed by atoms with E-state index in [0.717, 1.165) is 48.8 Å². The Morgan fingerprint density at radius 3 is 2.38 bits per heavy atom. The minimum Gasteiger partial charge on any atom is -0.493 e. The van der Waals surface area contributed by atoms with Gasteiger partial charge in [-0.25, -0.2) is 0 Å². The third kappa shape index (κ3) is 5.10. The zero-order valence-corrected chi connectivity index (χ0v) is 18.2. The van der Waals surface area contributed by atoms with E-state index < -0.39 is 0 Å².